The molecule has 1 N–H and O–H groups in total. The largest absolute Gasteiger partial charge is 0.397 e. The molecule has 2 atom stereocenters. The van der Waals surface area contributed by atoms with E-state index in [2.05, 4.69) is 13.8 Å². The quantitative estimate of drug-likeness (QED) is 0.422. The maximum absolute atomic E-state index is 10.9. The van der Waals surface area contributed by atoms with Gasteiger partial charge >= 0.3 is 10.4 Å². The summed E-state index contributed by atoms with van der Waals surface area (Å²) in [7, 11) is -4.34. The lowest BCUT2D eigenvalue weighted by Crippen LogP contribution is -2.21. The standard InChI is InChI=1S/C15H32O4S/c1-5-7-8-9-14(6-2)10-11-15(12-13(3)4)19-20(16,17)18/h13-15H,5-12H2,1-4H3,(H,16,17,18). The molecule has 4 nitrogen and oxygen atoms in total. The van der Waals surface area contributed by atoms with Gasteiger partial charge in [0.15, 0.2) is 0 Å². The van der Waals surface area contributed by atoms with Crippen LogP contribution in [0.2, 0.25) is 0 Å². The van der Waals surface area contributed by atoms with E-state index in [0.717, 1.165) is 12.8 Å². The van der Waals surface area contributed by atoms with E-state index in [-0.39, 0.29) is 0 Å². The summed E-state index contributed by atoms with van der Waals surface area (Å²) in [6.45, 7) is 8.43. The highest BCUT2D eigenvalue weighted by Gasteiger charge is 2.20. The Morgan fingerprint density at radius 2 is 1.70 bits per heavy atom. The van der Waals surface area contributed by atoms with Gasteiger partial charge in [0.05, 0.1) is 6.10 Å². The molecule has 0 radical (unpaired) electrons. The van der Waals surface area contributed by atoms with Crippen LogP contribution in [0, 0.1) is 11.8 Å². The second-order valence-corrected chi connectivity index (χ2v) is 7.17. The number of hydrogen-bond donors (Lipinski definition) is 1. The van der Waals surface area contributed by atoms with Gasteiger partial charge in [-0.25, -0.2) is 4.18 Å². The molecule has 0 heterocycles. The molecular weight excluding hydrogens is 276 g/mol. The first-order valence-electron chi connectivity index (χ1n) is 7.94. The topological polar surface area (TPSA) is 63.6 Å². The van der Waals surface area contributed by atoms with Gasteiger partial charge in [-0.3, -0.25) is 4.55 Å². The lowest BCUT2D eigenvalue weighted by molar-refractivity contribution is 0.141. The summed E-state index contributed by atoms with van der Waals surface area (Å²) in [6, 6.07) is 0. The molecule has 0 saturated heterocycles. The SMILES string of the molecule is CCCCCC(CC)CCC(CC(C)C)OS(=O)(=O)O. The Bertz CT molecular complexity index is 325. The lowest BCUT2D eigenvalue weighted by Gasteiger charge is -2.21. The van der Waals surface area contributed by atoms with E-state index in [1.54, 1.807) is 0 Å². The van der Waals surface area contributed by atoms with Crippen molar-refractivity contribution in [3.8, 4) is 0 Å². The molecule has 0 aliphatic rings. The minimum Gasteiger partial charge on any atom is -0.264 e. The molecule has 0 bridgehead atoms. The van der Waals surface area contributed by atoms with Crippen molar-refractivity contribution in [3.05, 3.63) is 0 Å². The fraction of sp³-hybridized carbons (Fsp3) is 1.00. The van der Waals surface area contributed by atoms with Crippen LogP contribution in [0.5, 0.6) is 0 Å². The van der Waals surface area contributed by atoms with Gasteiger partial charge in [0.1, 0.15) is 0 Å². The Labute approximate surface area is 125 Å². The van der Waals surface area contributed by atoms with Crippen molar-refractivity contribution in [3.63, 3.8) is 0 Å². The molecule has 0 aliphatic heterocycles. The van der Waals surface area contributed by atoms with Gasteiger partial charge in [-0.05, 0) is 31.1 Å². The van der Waals surface area contributed by atoms with Crippen molar-refractivity contribution in [1.82, 2.24) is 0 Å². The highest BCUT2D eigenvalue weighted by atomic mass is 32.3. The Balaban J connectivity index is 4.27. The Hall–Kier alpha value is -0.130. The molecule has 0 amide bonds. The summed E-state index contributed by atoms with van der Waals surface area (Å²) < 4.78 is 35.4. The zero-order chi connectivity index (χ0) is 15.6. The monoisotopic (exact) mass is 308 g/mol. The lowest BCUT2D eigenvalue weighted by atomic mass is 9.91. The van der Waals surface area contributed by atoms with Crippen LogP contribution in [0.25, 0.3) is 0 Å². The van der Waals surface area contributed by atoms with Crippen molar-refractivity contribution < 1.29 is 17.2 Å². The van der Waals surface area contributed by atoms with Gasteiger partial charge in [-0.2, -0.15) is 8.42 Å². The fourth-order valence-electron chi connectivity index (χ4n) is 2.56. The average molecular weight is 308 g/mol. The molecule has 0 aromatic carbocycles. The summed E-state index contributed by atoms with van der Waals surface area (Å²) in [5, 5.41) is 0. The number of unbranched alkanes of at least 4 members (excludes halogenated alkanes) is 2. The van der Waals surface area contributed by atoms with E-state index in [9.17, 15) is 8.42 Å². The van der Waals surface area contributed by atoms with Crippen LogP contribution in [0.4, 0.5) is 0 Å². The second kappa shape index (κ2) is 10.6. The van der Waals surface area contributed by atoms with Crippen LogP contribution in [0.1, 0.15) is 79.1 Å². The van der Waals surface area contributed by atoms with Crippen LogP contribution in [-0.2, 0) is 14.6 Å². The maximum atomic E-state index is 10.9. The van der Waals surface area contributed by atoms with Gasteiger partial charge in [-0.1, -0.05) is 59.8 Å². The third kappa shape index (κ3) is 11.7. The molecule has 20 heavy (non-hydrogen) atoms. The first-order valence-corrected chi connectivity index (χ1v) is 9.30. The maximum Gasteiger partial charge on any atom is 0.397 e. The minimum absolute atomic E-state index is 0.349. The average Bonchev–Trinajstić information content (AvgIpc) is 2.30. The molecule has 0 spiro atoms. The van der Waals surface area contributed by atoms with E-state index in [0.29, 0.717) is 24.7 Å². The minimum atomic E-state index is -4.34. The Morgan fingerprint density at radius 3 is 2.15 bits per heavy atom. The summed E-state index contributed by atoms with van der Waals surface area (Å²) in [6.07, 6.45) is 7.95. The van der Waals surface area contributed by atoms with Crippen LogP contribution in [0.3, 0.4) is 0 Å². The van der Waals surface area contributed by atoms with Crippen molar-refractivity contribution >= 4 is 10.4 Å². The summed E-state index contributed by atoms with van der Waals surface area (Å²) in [5.41, 5.74) is 0. The zero-order valence-electron chi connectivity index (χ0n) is 13.5. The third-order valence-electron chi connectivity index (χ3n) is 3.68. The molecule has 0 aromatic heterocycles. The third-order valence-corrected chi connectivity index (χ3v) is 4.20. The molecule has 5 heteroatoms. The van der Waals surface area contributed by atoms with E-state index < -0.39 is 16.5 Å². The molecular formula is C15H32O4S. The predicted molar refractivity (Wildman–Crippen MR) is 83.0 cm³/mol. The van der Waals surface area contributed by atoms with Gasteiger partial charge < -0.3 is 0 Å². The first-order chi connectivity index (χ1) is 9.28. The molecule has 0 aliphatic carbocycles. The first kappa shape index (κ1) is 19.9. The van der Waals surface area contributed by atoms with Gasteiger partial charge in [0.2, 0.25) is 0 Å². The fourth-order valence-corrected chi connectivity index (χ4v) is 3.08. The number of hydrogen-bond acceptors (Lipinski definition) is 3. The Kier molecular flexibility index (Phi) is 10.5. The molecule has 2 unspecified atom stereocenters. The van der Waals surface area contributed by atoms with Crippen LogP contribution in [0.15, 0.2) is 0 Å². The van der Waals surface area contributed by atoms with Crippen LogP contribution < -0.4 is 0 Å². The van der Waals surface area contributed by atoms with Gasteiger partial charge in [0, 0.05) is 0 Å². The summed E-state index contributed by atoms with van der Waals surface area (Å²) in [4.78, 5) is 0. The van der Waals surface area contributed by atoms with Gasteiger partial charge in [0.25, 0.3) is 0 Å². The van der Waals surface area contributed by atoms with E-state index in [1.807, 2.05) is 13.8 Å². The van der Waals surface area contributed by atoms with Crippen molar-refractivity contribution in [2.75, 3.05) is 0 Å². The molecule has 0 saturated carbocycles. The van der Waals surface area contributed by atoms with E-state index in [1.165, 1.54) is 25.7 Å². The van der Waals surface area contributed by atoms with Crippen molar-refractivity contribution in [2.45, 2.75) is 85.2 Å². The zero-order valence-corrected chi connectivity index (χ0v) is 14.3. The normalized spacial score (nSPS) is 15.5. The summed E-state index contributed by atoms with van der Waals surface area (Å²) in [5.74, 6) is 0.975. The second-order valence-electron chi connectivity index (χ2n) is 6.12. The van der Waals surface area contributed by atoms with E-state index >= 15 is 0 Å². The molecule has 122 valence electrons. The van der Waals surface area contributed by atoms with Crippen LogP contribution >= 0.6 is 0 Å². The highest BCUT2D eigenvalue weighted by Crippen LogP contribution is 2.23. The van der Waals surface area contributed by atoms with Crippen molar-refractivity contribution in [2.24, 2.45) is 11.8 Å². The summed E-state index contributed by atoms with van der Waals surface area (Å²) >= 11 is 0. The van der Waals surface area contributed by atoms with Crippen LogP contribution in [-0.4, -0.2) is 19.1 Å². The molecule has 0 aromatic rings. The smallest absolute Gasteiger partial charge is 0.264 e. The highest BCUT2D eigenvalue weighted by molar-refractivity contribution is 7.80. The predicted octanol–water partition coefficient (Wildman–Crippen LogP) is 4.61. The molecule has 0 fully saturated rings. The number of rotatable bonds is 12. The van der Waals surface area contributed by atoms with Crippen molar-refractivity contribution in [1.29, 1.82) is 0 Å². The Morgan fingerprint density at radius 1 is 1.05 bits per heavy atom. The van der Waals surface area contributed by atoms with E-state index in [4.69, 9.17) is 8.74 Å². The molecule has 0 rings (SSSR count). The van der Waals surface area contributed by atoms with Gasteiger partial charge in [-0.15, -0.1) is 0 Å².